The van der Waals surface area contributed by atoms with Gasteiger partial charge in [0.15, 0.2) is 0 Å². The summed E-state index contributed by atoms with van der Waals surface area (Å²) in [7, 11) is 0. The van der Waals surface area contributed by atoms with Crippen LogP contribution in [0.2, 0.25) is 0 Å². The van der Waals surface area contributed by atoms with E-state index in [9.17, 15) is 9.90 Å². The van der Waals surface area contributed by atoms with Gasteiger partial charge in [0.1, 0.15) is 5.75 Å². The third kappa shape index (κ3) is 2.63. The van der Waals surface area contributed by atoms with Gasteiger partial charge in [-0.15, -0.1) is 0 Å². The van der Waals surface area contributed by atoms with Crippen molar-refractivity contribution in [3.8, 4) is 5.75 Å². The van der Waals surface area contributed by atoms with E-state index in [1.165, 1.54) is 6.07 Å². The second-order valence-electron chi connectivity index (χ2n) is 2.87. The molecule has 1 unspecified atom stereocenters. The highest BCUT2D eigenvalue weighted by molar-refractivity contribution is 9.10. The van der Waals surface area contributed by atoms with Gasteiger partial charge in [-0.1, -0.05) is 15.9 Å². The number of phenolic OH excluding ortho intramolecular Hbond substituents is 1. The molecule has 0 bridgehead atoms. The van der Waals surface area contributed by atoms with Crippen LogP contribution >= 0.6 is 15.9 Å². The summed E-state index contributed by atoms with van der Waals surface area (Å²) in [5.74, 6) is 0.0782. The molecule has 3 N–H and O–H groups in total. The number of nitrogens with one attached hydrogen (secondary N) is 1. The highest BCUT2D eigenvalue weighted by Crippen LogP contribution is 2.27. The quantitative estimate of drug-likeness (QED) is 0.765. The second-order valence-corrected chi connectivity index (χ2v) is 3.79. The van der Waals surface area contributed by atoms with Crippen LogP contribution in [0.25, 0.3) is 0 Å². The fourth-order valence-corrected chi connectivity index (χ4v) is 1.51. The zero-order valence-corrected chi connectivity index (χ0v) is 9.08. The van der Waals surface area contributed by atoms with E-state index in [0.717, 1.165) is 4.47 Å². The van der Waals surface area contributed by atoms with Gasteiger partial charge in [0.05, 0.1) is 6.04 Å². The molecule has 5 heteroatoms. The first-order valence-corrected chi connectivity index (χ1v) is 4.78. The first kappa shape index (κ1) is 10.8. The van der Waals surface area contributed by atoms with Gasteiger partial charge in [0.25, 0.3) is 0 Å². The molecule has 1 atom stereocenters. The number of benzene rings is 1. The Labute approximate surface area is 89.7 Å². The van der Waals surface area contributed by atoms with Gasteiger partial charge in [-0.3, -0.25) is 0 Å². The molecule has 1 rings (SSSR count). The van der Waals surface area contributed by atoms with Crippen molar-refractivity contribution in [1.82, 2.24) is 5.32 Å². The van der Waals surface area contributed by atoms with Crippen LogP contribution in [0, 0.1) is 0 Å². The van der Waals surface area contributed by atoms with Crippen molar-refractivity contribution >= 4 is 22.0 Å². The third-order valence-corrected chi connectivity index (χ3v) is 2.29. The fourth-order valence-electron chi connectivity index (χ4n) is 1.14. The van der Waals surface area contributed by atoms with Crippen LogP contribution in [-0.2, 0) is 0 Å². The van der Waals surface area contributed by atoms with Gasteiger partial charge in [-0.2, -0.15) is 0 Å². The maximum Gasteiger partial charge on any atom is 0.405 e. The number of halogens is 1. The number of phenols is 1. The van der Waals surface area contributed by atoms with Gasteiger partial charge >= 0.3 is 6.09 Å². The number of carboxylic acid groups (broad SMARTS) is 1. The summed E-state index contributed by atoms with van der Waals surface area (Å²) in [5.41, 5.74) is 0.543. The van der Waals surface area contributed by atoms with Crippen molar-refractivity contribution in [1.29, 1.82) is 0 Å². The Bertz CT molecular complexity index is 354. The summed E-state index contributed by atoms with van der Waals surface area (Å²) in [6, 6.07) is 4.44. The number of aromatic hydroxyl groups is 1. The van der Waals surface area contributed by atoms with E-state index >= 15 is 0 Å². The average molecular weight is 260 g/mol. The number of amides is 1. The Balaban J connectivity index is 2.93. The van der Waals surface area contributed by atoms with Crippen molar-refractivity contribution < 1.29 is 15.0 Å². The topological polar surface area (TPSA) is 69.6 Å². The Morgan fingerprint density at radius 3 is 2.79 bits per heavy atom. The van der Waals surface area contributed by atoms with Gasteiger partial charge in [-0.05, 0) is 25.1 Å². The maximum atomic E-state index is 10.4. The molecular formula is C9H10BrNO3. The van der Waals surface area contributed by atoms with E-state index < -0.39 is 12.1 Å². The number of hydrogen-bond acceptors (Lipinski definition) is 2. The van der Waals surface area contributed by atoms with Gasteiger partial charge in [-0.25, -0.2) is 4.79 Å². The van der Waals surface area contributed by atoms with E-state index in [4.69, 9.17) is 5.11 Å². The molecule has 0 saturated heterocycles. The Kier molecular flexibility index (Phi) is 3.35. The summed E-state index contributed by atoms with van der Waals surface area (Å²) in [6.07, 6.45) is -1.11. The minimum Gasteiger partial charge on any atom is -0.508 e. The van der Waals surface area contributed by atoms with Crippen molar-refractivity contribution in [2.24, 2.45) is 0 Å². The Hall–Kier alpha value is -1.23. The van der Waals surface area contributed by atoms with E-state index in [-0.39, 0.29) is 5.75 Å². The molecular weight excluding hydrogens is 250 g/mol. The van der Waals surface area contributed by atoms with Crippen LogP contribution in [0.5, 0.6) is 5.75 Å². The molecule has 1 aromatic rings. The van der Waals surface area contributed by atoms with Crippen molar-refractivity contribution in [2.45, 2.75) is 13.0 Å². The van der Waals surface area contributed by atoms with Crippen LogP contribution in [0.15, 0.2) is 22.7 Å². The molecule has 0 radical (unpaired) electrons. The molecule has 0 aromatic heterocycles. The Morgan fingerprint density at radius 2 is 2.21 bits per heavy atom. The Morgan fingerprint density at radius 1 is 1.57 bits per heavy atom. The number of carbonyl (C=O) groups is 1. The van der Waals surface area contributed by atoms with Crippen molar-refractivity contribution in [3.05, 3.63) is 28.2 Å². The summed E-state index contributed by atoms with van der Waals surface area (Å²) >= 11 is 3.24. The number of rotatable bonds is 2. The fraction of sp³-hybridized carbons (Fsp3) is 0.222. The molecule has 0 aliphatic heterocycles. The standard InChI is InChI=1S/C9H10BrNO3/c1-5(11-9(13)14)7-4-6(10)2-3-8(7)12/h2-5,11-12H,1H3,(H,13,14). The lowest BCUT2D eigenvalue weighted by molar-refractivity contribution is 0.190. The van der Waals surface area contributed by atoms with Crippen LogP contribution < -0.4 is 5.32 Å². The van der Waals surface area contributed by atoms with Gasteiger partial charge in [0.2, 0.25) is 0 Å². The molecule has 1 amide bonds. The molecule has 14 heavy (non-hydrogen) atoms. The molecule has 0 fully saturated rings. The molecule has 0 heterocycles. The van der Waals surface area contributed by atoms with Crippen LogP contribution in [0.3, 0.4) is 0 Å². The summed E-state index contributed by atoms with van der Waals surface area (Å²) in [6.45, 7) is 1.66. The maximum absolute atomic E-state index is 10.4. The number of hydrogen-bond donors (Lipinski definition) is 3. The minimum atomic E-state index is -1.11. The zero-order valence-electron chi connectivity index (χ0n) is 7.49. The summed E-state index contributed by atoms with van der Waals surface area (Å²) in [5, 5.41) is 20.2. The van der Waals surface area contributed by atoms with Crippen LogP contribution in [0.4, 0.5) is 4.79 Å². The van der Waals surface area contributed by atoms with Gasteiger partial charge in [0, 0.05) is 10.0 Å². The van der Waals surface area contributed by atoms with Crippen molar-refractivity contribution in [2.75, 3.05) is 0 Å². The first-order valence-electron chi connectivity index (χ1n) is 3.98. The minimum absolute atomic E-state index is 0.0782. The monoisotopic (exact) mass is 259 g/mol. The molecule has 0 saturated carbocycles. The third-order valence-electron chi connectivity index (χ3n) is 1.80. The van der Waals surface area contributed by atoms with Crippen LogP contribution in [0.1, 0.15) is 18.5 Å². The summed E-state index contributed by atoms with van der Waals surface area (Å²) < 4.78 is 0.796. The van der Waals surface area contributed by atoms with Crippen LogP contribution in [-0.4, -0.2) is 16.3 Å². The largest absolute Gasteiger partial charge is 0.508 e. The van der Waals surface area contributed by atoms with E-state index in [1.807, 2.05) is 0 Å². The highest BCUT2D eigenvalue weighted by atomic mass is 79.9. The van der Waals surface area contributed by atoms with E-state index in [2.05, 4.69) is 21.2 Å². The molecule has 0 spiro atoms. The van der Waals surface area contributed by atoms with Crippen molar-refractivity contribution in [3.63, 3.8) is 0 Å². The van der Waals surface area contributed by atoms with Gasteiger partial charge < -0.3 is 15.5 Å². The zero-order chi connectivity index (χ0) is 10.7. The first-order chi connectivity index (χ1) is 6.50. The average Bonchev–Trinajstić information content (AvgIpc) is 2.08. The lowest BCUT2D eigenvalue weighted by Gasteiger charge is -2.13. The highest BCUT2D eigenvalue weighted by Gasteiger charge is 2.12. The van der Waals surface area contributed by atoms with E-state index in [1.54, 1.807) is 19.1 Å². The predicted octanol–water partition coefficient (Wildman–Crippen LogP) is 2.48. The second kappa shape index (κ2) is 4.32. The molecule has 0 aliphatic carbocycles. The predicted molar refractivity (Wildman–Crippen MR) is 55.4 cm³/mol. The lowest BCUT2D eigenvalue weighted by atomic mass is 10.1. The molecule has 1 aromatic carbocycles. The molecule has 0 aliphatic rings. The molecule has 76 valence electrons. The normalized spacial score (nSPS) is 12.1. The van der Waals surface area contributed by atoms with E-state index in [0.29, 0.717) is 5.56 Å². The summed E-state index contributed by atoms with van der Waals surface area (Å²) in [4.78, 5) is 10.4. The smallest absolute Gasteiger partial charge is 0.405 e. The SMILES string of the molecule is CC(NC(=O)O)c1cc(Br)ccc1O. The lowest BCUT2D eigenvalue weighted by Crippen LogP contribution is -2.24. The molecule has 4 nitrogen and oxygen atoms in total.